The van der Waals surface area contributed by atoms with Crippen LogP contribution in [0.3, 0.4) is 0 Å². The predicted molar refractivity (Wildman–Crippen MR) is 106 cm³/mol. The third-order valence-corrected chi connectivity index (χ3v) is 5.18. The second-order valence-electron chi connectivity index (χ2n) is 6.61. The van der Waals surface area contributed by atoms with Gasteiger partial charge in [0.2, 0.25) is 0 Å². The minimum absolute atomic E-state index is 0.0274. The van der Waals surface area contributed by atoms with E-state index in [1.165, 1.54) is 11.3 Å². The summed E-state index contributed by atoms with van der Waals surface area (Å²) in [7, 11) is 0. The maximum Gasteiger partial charge on any atom is 0.174 e. The SMILES string of the molecule is N#CCOc1ccc(Cl)cc1CN1CCn2cccc2C1c1ccccc1. The van der Waals surface area contributed by atoms with Gasteiger partial charge in [-0.3, -0.25) is 4.90 Å². The molecule has 0 spiro atoms. The smallest absolute Gasteiger partial charge is 0.174 e. The molecule has 136 valence electrons. The number of aromatic nitrogens is 1. The van der Waals surface area contributed by atoms with Gasteiger partial charge in [-0.25, -0.2) is 0 Å². The molecule has 0 amide bonds. The van der Waals surface area contributed by atoms with Crippen molar-refractivity contribution in [2.45, 2.75) is 19.1 Å². The van der Waals surface area contributed by atoms with Crippen LogP contribution in [0.15, 0.2) is 66.9 Å². The number of hydrogen-bond acceptors (Lipinski definition) is 3. The number of benzene rings is 2. The van der Waals surface area contributed by atoms with Crippen molar-refractivity contribution in [3.05, 3.63) is 88.7 Å². The molecule has 4 rings (SSSR count). The molecule has 3 aromatic rings. The number of fused-ring (bicyclic) bond motifs is 1. The summed E-state index contributed by atoms with van der Waals surface area (Å²) in [6.45, 7) is 2.59. The Balaban J connectivity index is 1.69. The van der Waals surface area contributed by atoms with Crippen molar-refractivity contribution in [3.8, 4) is 11.8 Å². The Bertz CT molecular complexity index is 961. The Kier molecular flexibility index (Phi) is 5.15. The normalized spacial score (nSPS) is 16.5. The van der Waals surface area contributed by atoms with Crippen LogP contribution in [-0.4, -0.2) is 22.6 Å². The lowest BCUT2D eigenvalue weighted by molar-refractivity contribution is 0.172. The average Bonchev–Trinajstić information content (AvgIpc) is 3.16. The first kappa shape index (κ1) is 17.7. The van der Waals surface area contributed by atoms with Crippen LogP contribution in [-0.2, 0) is 13.1 Å². The molecule has 2 heterocycles. The van der Waals surface area contributed by atoms with Crippen molar-refractivity contribution in [1.29, 1.82) is 5.26 Å². The van der Waals surface area contributed by atoms with E-state index in [4.69, 9.17) is 21.6 Å². The second kappa shape index (κ2) is 7.87. The standard InChI is InChI=1S/C22H20ClN3O/c23-19-8-9-21(27-14-10-24)18(15-19)16-26-13-12-25-11-4-7-20(25)22(26)17-5-2-1-3-6-17/h1-9,11,15,22H,12-14,16H2. The highest BCUT2D eigenvalue weighted by Gasteiger charge is 2.29. The number of ether oxygens (including phenoxy) is 1. The van der Waals surface area contributed by atoms with E-state index in [0.717, 1.165) is 18.7 Å². The van der Waals surface area contributed by atoms with E-state index in [-0.39, 0.29) is 12.6 Å². The van der Waals surface area contributed by atoms with Crippen molar-refractivity contribution >= 4 is 11.6 Å². The molecule has 1 unspecified atom stereocenters. The maximum atomic E-state index is 8.86. The van der Waals surface area contributed by atoms with Crippen LogP contribution in [0.25, 0.3) is 0 Å². The number of hydrogen-bond donors (Lipinski definition) is 0. The third-order valence-electron chi connectivity index (χ3n) is 4.94. The summed E-state index contributed by atoms with van der Waals surface area (Å²) >= 11 is 6.24. The van der Waals surface area contributed by atoms with Crippen LogP contribution < -0.4 is 4.74 Å². The first-order chi connectivity index (χ1) is 13.3. The molecule has 1 atom stereocenters. The largest absolute Gasteiger partial charge is 0.478 e. The van der Waals surface area contributed by atoms with E-state index in [2.05, 4.69) is 52.1 Å². The summed E-state index contributed by atoms with van der Waals surface area (Å²) in [6.07, 6.45) is 2.14. The van der Waals surface area contributed by atoms with E-state index in [9.17, 15) is 0 Å². The monoisotopic (exact) mass is 377 g/mol. The molecule has 5 heteroatoms. The summed E-state index contributed by atoms with van der Waals surface area (Å²) < 4.78 is 7.95. The van der Waals surface area contributed by atoms with Gasteiger partial charge in [0.05, 0.1) is 6.04 Å². The van der Waals surface area contributed by atoms with E-state index < -0.39 is 0 Å². The van der Waals surface area contributed by atoms with Crippen LogP contribution in [0.1, 0.15) is 22.9 Å². The molecule has 0 saturated carbocycles. The molecule has 1 aliphatic heterocycles. The molecule has 1 aromatic heterocycles. The zero-order chi connectivity index (χ0) is 18.6. The van der Waals surface area contributed by atoms with Gasteiger partial charge in [0, 0.05) is 42.1 Å². The van der Waals surface area contributed by atoms with Crippen molar-refractivity contribution < 1.29 is 4.74 Å². The van der Waals surface area contributed by atoms with Gasteiger partial charge < -0.3 is 9.30 Å². The quantitative estimate of drug-likeness (QED) is 0.650. The van der Waals surface area contributed by atoms with Crippen LogP contribution in [0.2, 0.25) is 5.02 Å². The van der Waals surface area contributed by atoms with Crippen molar-refractivity contribution in [1.82, 2.24) is 9.47 Å². The lowest BCUT2D eigenvalue weighted by Crippen LogP contribution is -2.38. The summed E-state index contributed by atoms with van der Waals surface area (Å²) in [5.74, 6) is 0.716. The molecule has 0 bridgehead atoms. The topological polar surface area (TPSA) is 41.2 Å². The molecule has 0 aliphatic carbocycles. The fraction of sp³-hybridized carbons (Fsp3) is 0.227. The van der Waals surface area contributed by atoms with Crippen LogP contribution in [0.5, 0.6) is 5.75 Å². The van der Waals surface area contributed by atoms with Crippen LogP contribution in [0.4, 0.5) is 0 Å². The minimum atomic E-state index is 0.0274. The van der Waals surface area contributed by atoms with Crippen LogP contribution >= 0.6 is 11.6 Å². The molecule has 2 aromatic carbocycles. The van der Waals surface area contributed by atoms with Gasteiger partial charge in [0.1, 0.15) is 11.8 Å². The second-order valence-corrected chi connectivity index (χ2v) is 7.05. The van der Waals surface area contributed by atoms with E-state index in [1.54, 1.807) is 6.07 Å². The first-order valence-corrected chi connectivity index (χ1v) is 9.36. The lowest BCUT2D eigenvalue weighted by Gasteiger charge is -2.37. The Morgan fingerprint density at radius 3 is 2.74 bits per heavy atom. The number of rotatable bonds is 5. The van der Waals surface area contributed by atoms with Crippen LogP contribution in [0, 0.1) is 11.3 Å². The molecule has 27 heavy (non-hydrogen) atoms. The highest BCUT2D eigenvalue weighted by molar-refractivity contribution is 6.30. The number of nitrogens with zero attached hydrogens (tertiary/aromatic N) is 3. The van der Waals surface area contributed by atoms with E-state index in [1.807, 2.05) is 24.3 Å². The molecular weight excluding hydrogens is 358 g/mol. The highest BCUT2D eigenvalue weighted by atomic mass is 35.5. The molecule has 1 aliphatic rings. The highest BCUT2D eigenvalue weighted by Crippen LogP contribution is 2.35. The zero-order valence-corrected chi connectivity index (χ0v) is 15.6. The average molecular weight is 378 g/mol. The lowest BCUT2D eigenvalue weighted by atomic mass is 9.99. The molecule has 4 nitrogen and oxygen atoms in total. The number of nitriles is 1. The fourth-order valence-electron chi connectivity index (χ4n) is 3.76. The fourth-order valence-corrected chi connectivity index (χ4v) is 3.95. The van der Waals surface area contributed by atoms with Gasteiger partial charge in [0.15, 0.2) is 6.61 Å². The Morgan fingerprint density at radius 2 is 1.93 bits per heavy atom. The maximum absolute atomic E-state index is 8.86. The number of halogens is 1. The van der Waals surface area contributed by atoms with Gasteiger partial charge in [-0.1, -0.05) is 41.9 Å². The predicted octanol–water partition coefficient (Wildman–Crippen LogP) is 4.65. The first-order valence-electron chi connectivity index (χ1n) is 8.98. The van der Waals surface area contributed by atoms with Crippen molar-refractivity contribution in [2.75, 3.05) is 13.2 Å². The molecule has 0 radical (unpaired) electrons. The van der Waals surface area contributed by atoms with E-state index in [0.29, 0.717) is 17.3 Å². The van der Waals surface area contributed by atoms with Gasteiger partial charge >= 0.3 is 0 Å². The zero-order valence-electron chi connectivity index (χ0n) is 14.9. The van der Waals surface area contributed by atoms with Gasteiger partial charge in [0.25, 0.3) is 0 Å². The Labute approximate surface area is 164 Å². The summed E-state index contributed by atoms with van der Waals surface area (Å²) in [5.41, 5.74) is 3.55. The van der Waals surface area contributed by atoms with Gasteiger partial charge in [-0.15, -0.1) is 0 Å². The van der Waals surface area contributed by atoms with E-state index >= 15 is 0 Å². The molecule has 0 N–H and O–H groups in total. The minimum Gasteiger partial charge on any atom is -0.478 e. The van der Waals surface area contributed by atoms with Gasteiger partial charge in [-0.05, 0) is 35.9 Å². The van der Waals surface area contributed by atoms with Gasteiger partial charge in [-0.2, -0.15) is 5.26 Å². The summed E-state index contributed by atoms with van der Waals surface area (Å²) in [6, 6.07) is 22.6. The summed E-state index contributed by atoms with van der Waals surface area (Å²) in [5, 5.41) is 9.53. The summed E-state index contributed by atoms with van der Waals surface area (Å²) in [4.78, 5) is 2.44. The Morgan fingerprint density at radius 1 is 1.07 bits per heavy atom. The Hall–Kier alpha value is -2.74. The molecule has 0 fully saturated rings. The third kappa shape index (κ3) is 3.71. The molecular formula is C22H20ClN3O. The van der Waals surface area contributed by atoms with Crippen molar-refractivity contribution in [2.24, 2.45) is 0 Å². The molecule has 0 saturated heterocycles. The van der Waals surface area contributed by atoms with Crippen molar-refractivity contribution in [3.63, 3.8) is 0 Å².